The van der Waals surface area contributed by atoms with Crippen LogP contribution in [0.1, 0.15) is 22.8 Å². The number of amides is 1. The minimum atomic E-state index is -0.489. The summed E-state index contributed by atoms with van der Waals surface area (Å²) < 4.78 is 13.0. The van der Waals surface area contributed by atoms with Crippen LogP contribution in [0.5, 0.6) is 0 Å². The second-order valence-electron chi connectivity index (χ2n) is 6.65. The van der Waals surface area contributed by atoms with Crippen LogP contribution in [-0.4, -0.2) is 86.3 Å². The third-order valence-corrected chi connectivity index (χ3v) is 5.41. The topological polar surface area (TPSA) is 107 Å². The van der Waals surface area contributed by atoms with Gasteiger partial charge in [-0.1, -0.05) is 0 Å². The van der Waals surface area contributed by atoms with Gasteiger partial charge in [-0.3, -0.25) is 9.69 Å². The first-order valence-electron chi connectivity index (χ1n) is 8.94. The van der Waals surface area contributed by atoms with Crippen LogP contribution in [0.2, 0.25) is 0 Å². The van der Waals surface area contributed by atoms with Gasteiger partial charge < -0.3 is 25.8 Å². The molecule has 4 N–H and O–H groups in total. The van der Waals surface area contributed by atoms with E-state index >= 15 is 0 Å². The molecule has 11 heteroatoms. The van der Waals surface area contributed by atoms with Gasteiger partial charge in [-0.2, -0.15) is 5.10 Å². The number of hydrogen-bond acceptors (Lipinski definition) is 7. The second kappa shape index (κ2) is 10.6. The van der Waals surface area contributed by atoms with Crippen LogP contribution in [-0.2, 0) is 9.47 Å². The number of morpholine rings is 1. The lowest BCUT2D eigenvalue weighted by Gasteiger charge is -2.27. The van der Waals surface area contributed by atoms with Crippen LogP contribution in [0.3, 0.4) is 0 Å². The van der Waals surface area contributed by atoms with E-state index in [2.05, 4.69) is 36.6 Å². The second-order valence-corrected chi connectivity index (χ2v) is 7.41. The molecule has 2 aliphatic rings. The molecule has 0 bridgehead atoms. The molecule has 1 aromatic rings. The van der Waals surface area contributed by atoms with E-state index in [4.69, 9.17) is 15.2 Å². The van der Waals surface area contributed by atoms with Gasteiger partial charge in [-0.25, -0.2) is 4.68 Å². The summed E-state index contributed by atoms with van der Waals surface area (Å²) in [4.78, 5) is 14.3. The van der Waals surface area contributed by atoms with Crippen LogP contribution >= 0.6 is 28.3 Å². The average Bonchev–Trinajstić information content (AvgIpc) is 3.20. The first-order valence-corrected chi connectivity index (χ1v) is 9.73. The highest BCUT2D eigenvalue weighted by molar-refractivity contribution is 9.10. The molecule has 154 valence electrons. The number of nitrogens with two attached hydrogens (primary N) is 1. The molecule has 27 heavy (non-hydrogen) atoms. The minimum Gasteiger partial charge on any atom is -0.383 e. The molecule has 1 amide bonds. The predicted octanol–water partition coefficient (Wildman–Crippen LogP) is 0.460. The highest BCUT2D eigenvalue weighted by Gasteiger charge is 2.31. The summed E-state index contributed by atoms with van der Waals surface area (Å²) in [6.45, 7) is 6.41. The molecule has 9 nitrogen and oxygen atoms in total. The zero-order valence-electron chi connectivity index (χ0n) is 15.4. The highest BCUT2D eigenvalue weighted by atomic mass is 79.9. The minimum absolute atomic E-state index is 0. The zero-order valence-corrected chi connectivity index (χ0v) is 17.9. The Labute approximate surface area is 173 Å². The number of nitrogens with one attached hydrogen (secondary N) is 2. The van der Waals surface area contributed by atoms with E-state index in [1.807, 2.05) is 4.68 Å². The molecule has 0 aliphatic carbocycles. The quantitative estimate of drug-likeness (QED) is 0.510. The maximum Gasteiger partial charge on any atom is 0.255 e. The number of primary amides is 1. The van der Waals surface area contributed by atoms with E-state index in [1.165, 1.54) is 0 Å². The molecule has 2 saturated heterocycles. The number of halogens is 2. The molecule has 0 saturated carbocycles. The van der Waals surface area contributed by atoms with E-state index in [0.29, 0.717) is 29.1 Å². The Morgan fingerprint density at radius 1 is 1.48 bits per heavy atom. The molecular weight excluding hydrogens is 440 g/mol. The summed E-state index contributed by atoms with van der Waals surface area (Å²) in [5.41, 5.74) is 6.00. The lowest BCUT2D eigenvalue weighted by atomic mass is 10.2. The van der Waals surface area contributed by atoms with Gasteiger partial charge in [-0.15, -0.1) is 12.4 Å². The summed E-state index contributed by atoms with van der Waals surface area (Å²) in [6, 6.07) is 0.427. The SMILES string of the molecule is COC[C@H]1C[C@H](n2nc(Br)c(C(N)=O)c2NCCN2CCOCC2)CN1.Cl. The smallest absolute Gasteiger partial charge is 0.255 e. The highest BCUT2D eigenvalue weighted by Crippen LogP contribution is 2.30. The van der Waals surface area contributed by atoms with Gasteiger partial charge in [-0.05, 0) is 22.4 Å². The monoisotopic (exact) mass is 466 g/mol. The van der Waals surface area contributed by atoms with E-state index in [0.717, 1.165) is 45.8 Å². The Balaban J connectivity index is 0.00000261. The molecule has 0 unspecified atom stereocenters. The summed E-state index contributed by atoms with van der Waals surface area (Å²) in [6.07, 6.45) is 0.887. The molecule has 3 rings (SSSR count). The molecule has 3 heterocycles. The lowest BCUT2D eigenvalue weighted by Crippen LogP contribution is -2.39. The number of aromatic nitrogens is 2. The van der Waals surface area contributed by atoms with E-state index in [-0.39, 0.29) is 24.5 Å². The predicted molar refractivity (Wildman–Crippen MR) is 109 cm³/mol. The van der Waals surface area contributed by atoms with Crippen molar-refractivity contribution < 1.29 is 14.3 Å². The number of carbonyl (C=O) groups excluding carboxylic acids is 1. The van der Waals surface area contributed by atoms with Gasteiger partial charge in [0.25, 0.3) is 5.91 Å². The zero-order chi connectivity index (χ0) is 18.5. The van der Waals surface area contributed by atoms with Gasteiger partial charge in [0.1, 0.15) is 16.0 Å². The fraction of sp³-hybridized carbons (Fsp3) is 0.750. The maximum absolute atomic E-state index is 11.9. The Bertz CT molecular complexity index is 626. The van der Waals surface area contributed by atoms with Crippen molar-refractivity contribution in [3.63, 3.8) is 0 Å². The van der Waals surface area contributed by atoms with Gasteiger partial charge in [0.15, 0.2) is 0 Å². The standard InChI is InChI=1S/C16H27BrN6O3.ClH/c1-25-10-11-8-12(9-20-11)23-16(13(15(18)24)14(17)21-23)19-2-3-22-4-6-26-7-5-22;/h11-12,19-20H,2-10H2,1H3,(H2,18,24);1H/t11-,12+;/m1./s1. The van der Waals surface area contributed by atoms with E-state index in [9.17, 15) is 4.79 Å². The van der Waals surface area contributed by atoms with Crippen molar-refractivity contribution in [2.75, 3.05) is 65.0 Å². The van der Waals surface area contributed by atoms with Crippen LogP contribution in [0.4, 0.5) is 5.82 Å². The van der Waals surface area contributed by atoms with Crippen molar-refractivity contribution in [2.45, 2.75) is 18.5 Å². The molecule has 2 aliphatic heterocycles. The molecule has 2 fully saturated rings. The third kappa shape index (κ3) is 5.55. The maximum atomic E-state index is 11.9. The van der Waals surface area contributed by atoms with Gasteiger partial charge in [0.05, 0.1) is 25.9 Å². The van der Waals surface area contributed by atoms with Gasteiger partial charge >= 0.3 is 0 Å². The van der Waals surface area contributed by atoms with Crippen molar-refractivity contribution in [1.29, 1.82) is 0 Å². The first kappa shape index (κ1) is 22.4. The number of hydrogen-bond donors (Lipinski definition) is 3. The van der Waals surface area contributed by atoms with Crippen LogP contribution in [0, 0.1) is 0 Å². The van der Waals surface area contributed by atoms with Crippen LogP contribution < -0.4 is 16.4 Å². The van der Waals surface area contributed by atoms with Gasteiger partial charge in [0.2, 0.25) is 0 Å². The Hall–Kier alpha value is -0.910. The first-order chi connectivity index (χ1) is 12.6. The molecule has 0 spiro atoms. The Morgan fingerprint density at radius 2 is 2.22 bits per heavy atom. The largest absolute Gasteiger partial charge is 0.383 e. The van der Waals surface area contributed by atoms with Crippen LogP contribution in [0.25, 0.3) is 0 Å². The molecule has 2 atom stereocenters. The molecule has 1 aromatic heterocycles. The summed E-state index contributed by atoms with van der Waals surface area (Å²) in [5, 5.41) is 11.3. The Morgan fingerprint density at radius 3 is 2.89 bits per heavy atom. The van der Waals surface area contributed by atoms with Crippen LogP contribution in [0.15, 0.2) is 4.60 Å². The summed E-state index contributed by atoms with van der Waals surface area (Å²) >= 11 is 3.39. The third-order valence-electron chi connectivity index (χ3n) is 4.85. The van der Waals surface area contributed by atoms with Crippen molar-refractivity contribution in [1.82, 2.24) is 20.0 Å². The fourth-order valence-electron chi connectivity index (χ4n) is 3.53. The molecule has 0 radical (unpaired) electrons. The lowest BCUT2D eigenvalue weighted by molar-refractivity contribution is 0.0398. The number of ether oxygens (including phenoxy) is 2. The van der Waals surface area contributed by atoms with Crippen molar-refractivity contribution in [3.8, 4) is 0 Å². The number of anilines is 1. The number of nitrogens with zero attached hydrogens (tertiary/aromatic N) is 3. The van der Waals surface area contributed by atoms with Gasteiger partial charge in [0, 0.05) is 45.9 Å². The number of methoxy groups -OCH3 is 1. The van der Waals surface area contributed by atoms with Crippen molar-refractivity contribution in [3.05, 3.63) is 10.2 Å². The van der Waals surface area contributed by atoms with Crippen molar-refractivity contribution in [2.24, 2.45) is 5.73 Å². The Kier molecular flexibility index (Phi) is 8.77. The van der Waals surface area contributed by atoms with E-state index < -0.39 is 5.91 Å². The number of rotatable bonds is 8. The number of carbonyl (C=O) groups is 1. The molecular formula is C16H28BrClN6O3. The molecule has 0 aromatic carbocycles. The summed E-state index contributed by atoms with van der Waals surface area (Å²) in [7, 11) is 1.70. The van der Waals surface area contributed by atoms with E-state index in [1.54, 1.807) is 7.11 Å². The fourth-order valence-corrected chi connectivity index (χ4v) is 4.08. The average molecular weight is 468 g/mol. The normalized spacial score (nSPS) is 23.2. The van der Waals surface area contributed by atoms with Crippen molar-refractivity contribution >= 4 is 40.1 Å². The summed E-state index contributed by atoms with van der Waals surface area (Å²) in [5.74, 6) is 0.193.